The van der Waals surface area contributed by atoms with E-state index >= 15 is 0 Å². The molecule has 1 aliphatic rings. The van der Waals surface area contributed by atoms with Gasteiger partial charge in [-0.25, -0.2) is 0 Å². The summed E-state index contributed by atoms with van der Waals surface area (Å²) in [6, 6.07) is 5.69. The summed E-state index contributed by atoms with van der Waals surface area (Å²) < 4.78 is 0. The number of aryl methyl sites for hydroxylation is 1. The Balaban J connectivity index is 0.00000162. The van der Waals surface area contributed by atoms with Crippen molar-refractivity contribution in [1.82, 2.24) is 10.2 Å². The third-order valence-corrected chi connectivity index (χ3v) is 3.59. The van der Waals surface area contributed by atoms with Gasteiger partial charge in [0.2, 0.25) is 0 Å². The van der Waals surface area contributed by atoms with E-state index in [1.54, 1.807) is 12.1 Å². The highest BCUT2D eigenvalue weighted by molar-refractivity contribution is 6.31. The molecule has 18 heavy (non-hydrogen) atoms. The van der Waals surface area contributed by atoms with Crippen molar-refractivity contribution in [2.75, 3.05) is 19.6 Å². The zero-order chi connectivity index (χ0) is 12.4. The van der Waals surface area contributed by atoms with Gasteiger partial charge >= 0.3 is 0 Å². The van der Waals surface area contributed by atoms with Gasteiger partial charge in [-0.15, -0.1) is 12.4 Å². The van der Waals surface area contributed by atoms with E-state index in [0.717, 1.165) is 30.8 Å². The van der Waals surface area contributed by atoms with Gasteiger partial charge in [0.05, 0.1) is 0 Å². The third-order valence-electron chi connectivity index (χ3n) is 3.17. The van der Waals surface area contributed by atoms with Crippen LogP contribution in [-0.4, -0.2) is 36.5 Å². The third kappa shape index (κ3) is 3.16. The van der Waals surface area contributed by atoms with Crippen LogP contribution in [0.1, 0.15) is 22.8 Å². The highest BCUT2D eigenvalue weighted by Gasteiger charge is 2.24. The number of piperazine rings is 1. The molecule has 0 aromatic heterocycles. The van der Waals surface area contributed by atoms with Gasteiger partial charge in [-0.1, -0.05) is 11.6 Å². The van der Waals surface area contributed by atoms with Crippen molar-refractivity contribution in [2.45, 2.75) is 19.9 Å². The average Bonchev–Trinajstić information content (AvgIpc) is 2.32. The molecule has 0 unspecified atom stereocenters. The molecule has 1 fully saturated rings. The van der Waals surface area contributed by atoms with E-state index in [1.807, 2.05) is 17.9 Å². The molecule has 0 spiro atoms. The van der Waals surface area contributed by atoms with Crippen molar-refractivity contribution in [3.63, 3.8) is 0 Å². The Labute approximate surface area is 119 Å². The Morgan fingerprint density at radius 2 is 2.22 bits per heavy atom. The molecule has 3 nitrogen and oxygen atoms in total. The lowest BCUT2D eigenvalue weighted by Gasteiger charge is -2.34. The lowest BCUT2D eigenvalue weighted by Crippen LogP contribution is -2.52. The van der Waals surface area contributed by atoms with E-state index in [9.17, 15) is 4.79 Å². The van der Waals surface area contributed by atoms with Gasteiger partial charge in [0.25, 0.3) is 5.91 Å². The zero-order valence-electron chi connectivity index (χ0n) is 10.6. The lowest BCUT2D eigenvalue weighted by atomic mass is 10.1. The molecule has 1 aromatic rings. The summed E-state index contributed by atoms with van der Waals surface area (Å²) >= 11 is 5.96. The fraction of sp³-hybridized carbons (Fsp3) is 0.462. The van der Waals surface area contributed by atoms with Crippen LogP contribution in [0.15, 0.2) is 18.2 Å². The molecule has 0 aliphatic carbocycles. The highest BCUT2D eigenvalue weighted by Crippen LogP contribution is 2.18. The largest absolute Gasteiger partial charge is 0.333 e. The standard InChI is InChI=1S/C13H17ClN2O.ClH/c1-9-7-11(3-4-12(9)14)13(17)16-6-5-15-8-10(16)2;/h3-4,7,10,15H,5-6,8H2,1-2H3;1H/t10-;/m0./s1. The van der Waals surface area contributed by atoms with Crippen LogP contribution in [0.3, 0.4) is 0 Å². The molecule has 0 radical (unpaired) electrons. The van der Waals surface area contributed by atoms with E-state index < -0.39 is 0 Å². The second kappa shape index (κ2) is 6.41. The van der Waals surface area contributed by atoms with Gasteiger partial charge < -0.3 is 10.2 Å². The van der Waals surface area contributed by atoms with Gasteiger partial charge in [0.15, 0.2) is 0 Å². The number of benzene rings is 1. The summed E-state index contributed by atoms with van der Waals surface area (Å²) in [4.78, 5) is 14.2. The molecule has 5 heteroatoms. The van der Waals surface area contributed by atoms with Crippen LogP contribution in [0.25, 0.3) is 0 Å². The molecule has 100 valence electrons. The average molecular weight is 289 g/mol. The smallest absolute Gasteiger partial charge is 0.254 e. The first-order valence-electron chi connectivity index (χ1n) is 5.87. The molecular formula is C13H18Cl2N2O. The fourth-order valence-electron chi connectivity index (χ4n) is 2.09. The molecule has 1 heterocycles. The van der Waals surface area contributed by atoms with Gasteiger partial charge in [0.1, 0.15) is 0 Å². The van der Waals surface area contributed by atoms with Gasteiger partial charge in [-0.2, -0.15) is 0 Å². The molecule has 0 saturated carbocycles. The minimum atomic E-state index is 0. The number of halogens is 2. The van der Waals surface area contributed by atoms with Crippen LogP contribution in [0.5, 0.6) is 0 Å². The topological polar surface area (TPSA) is 32.3 Å². The molecule has 0 bridgehead atoms. The minimum absolute atomic E-state index is 0. The van der Waals surface area contributed by atoms with Crippen molar-refractivity contribution in [2.24, 2.45) is 0 Å². The Bertz CT molecular complexity index is 437. The SMILES string of the molecule is Cc1cc(C(=O)N2CCNC[C@@H]2C)ccc1Cl.Cl. The monoisotopic (exact) mass is 288 g/mol. The predicted octanol–water partition coefficient (Wildman–Crippen LogP) is 2.50. The number of carbonyl (C=O) groups is 1. The molecule has 1 aliphatic heterocycles. The quantitative estimate of drug-likeness (QED) is 0.861. The zero-order valence-corrected chi connectivity index (χ0v) is 12.1. The maximum absolute atomic E-state index is 12.3. The van der Waals surface area contributed by atoms with Gasteiger partial charge in [0, 0.05) is 36.3 Å². The van der Waals surface area contributed by atoms with Crippen molar-refractivity contribution in [3.05, 3.63) is 34.3 Å². The molecule has 1 amide bonds. The molecule has 1 saturated heterocycles. The minimum Gasteiger partial charge on any atom is -0.333 e. The lowest BCUT2D eigenvalue weighted by molar-refractivity contribution is 0.0655. The maximum Gasteiger partial charge on any atom is 0.254 e. The first-order valence-corrected chi connectivity index (χ1v) is 6.25. The summed E-state index contributed by atoms with van der Waals surface area (Å²) in [6.07, 6.45) is 0. The van der Waals surface area contributed by atoms with Gasteiger partial charge in [-0.3, -0.25) is 4.79 Å². The maximum atomic E-state index is 12.3. The summed E-state index contributed by atoms with van der Waals surface area (Å²) in [6.45, 7) is 6.47. The molecule has 1 N–H and O–H groups in total. The van der Waals surface area contributed by atoms with Gasteiger partial charge in [-0.05, 0) is 37.6 Å². The fourth-order valence-corrected chi connectivity index (χ4v) is 2.20. The van der Waals surface area contributed by atoms with E-state index in [1.165, 1.54) is 0 Å². The second-order valence-electron chi connectivity index (χ2n) is 4.52. The molecule has 2 rings (SSSR count). The number of amides is 1. The van der Waals surface area contributed by atoms with Crippen molar-refractivity contribution in [3.8, 4) is 0 Å². The summed E-state index contributed by atoms with van der Waals surface area (Å²) in [5.74, 6) is 0.0961. The Hall–Kier alpha value is -0.770. The van der Waals surface area contributed by atoms with Crippen LogP contribution < -0.4 is 5.32 Å². The van der Waals surface area contributed by atoms with Crippen LogP contribution in [0.4, 0.5) is 0 Å². The van der Waals surface area contributed by atoms with E-state index in [0.29, 0.717) is 5.02 Å². The van der Waals surface area contributed by atoms with Crippen molar-refractivity contribution < 1.29 is 4.79 Å². The van der Waals surface area contributed by atoms with Crippen molar-refractivity contribution in [1.29, 1.82) is 0 Å². The Morgan fingerprint density at radius 3 is 2.83 bits per heavy atom. The highest BCUT2D eigenvalue weighted by atomic mass is 35.5. The first-order chi connectivity index (χ1) is 8.09. The van der Waals surface area contributed by atoms with Crippen LogP contribution in [0.2, 0.25) is 5.02 Å². The van der Waals surface area contributed by atoms with Crippen molar-refractivity contribution >= 4 is 29.9 Å². The Morgan fingerprint density at radius 1 is 1.50 bits per heavy atom. The second-order valence-corrected chi connectivity index (χ2v) is 4.92. The number of carbonyl (C=O) groups excluding carboxylic acids is 1. The predicted molar refractivity (Wildman–Crippen MR) is 76.8 cm³/mol. The van der Waals surface area contributed by atoms with E-state index in [-0.39, 0.29) is 24.4 Å². The molecular weight excluding hydrogens is 271 g/mol. The number of nitrogens with zero attached hydrogens (tertiary/aromatic N) is 1. The van der Waals surface area contributed by atoms with Crippen LogP contribution in [-0.2, 0) is 0 Å². The number of nitrogens with one attached hydrogen (secondary N) is 1. The number of hydrogen-bond acceptors (Lipinski definition) is 2. The van der Waals surface area contributed by atoms with Crippen LogP contribution >= 0.6 is 24.0 Å². The first kappa shape index (κ1) is 15.3. The summed E-state index contributed by atoms with van der Waals surface area (Å²) in [5, 5.41) is 3.98. The van der Waals surface area contributed by atoms with Crippen LogP contribution in [0, 0.1) is 6.92 Å². The molecule has 1 aromatic carbocycles. The van der Waals surface area contributed by atoms with E-state index in [2.05, 4.69) is 12.2 Å². The normalized spacial score (nSPS) is 19.3. The van der Waals surface area contributed by atoms with E-state index in [4.69, 9.17) is 11.6 Å². The molecule has 1 atom stereocenters. The number of rotatable bonds is 1. The Kier molecular flexibility index (Phi) is 5.45. The summed E-state index contributed by atoms with van der Waals surface area (Å²) in [5.41, 5.74) is 1.67. The number of hydrogen-bond donors (Lipinski definition) is 1. The summed E-state index contributed by atoms with van der Waals surface area (Å²) in [7, 11) is 0.